The van der Waals surface area contributed by atoms with Gasteiger partial charge in [-0.15, -0.1) is 0 Å². The second kappa shape index (κ2) is 9.36. The molecule has 2 heterocycles. The van der Waals surface area contributed by atoms with Crippen molar-refractivity contribution in [3.63, 3.8) is 0 Å². The Hall–Kier alpha value is -2.87. The number of anilines is 1. The molecule has 2 aromatic rings. The van der Waals surface area contributed by atoms with Crippen molar-refractivity contribution in [3.05, 3.63) is 59.6 Å². The molecule has 0 saturated carbocycles. The number of carbonyl (C=O) groups is 1. The molecule has 0 amide bonds. The fourth-order valence-electron chi connectivity index (χ4n) is 3.09. The first kappa shape index (κ1) is 19.9. The largest absolute Gasteiger partial charge is 0.466 e. The summed E-state index contributed by atoms with van der Waals surface area (Å²) in [5.41, 5.74) is 1.09. The van der Waals surface area contributed by atoms with Crippen molar-refractivity contribution in [3.8, 4) is 0 Å². The van der Waals surface area contributed by atoms with Gasteiger partial charge in [-0.1, -0.05) is 6.07 Å². The molecule has 3 rings (SSSR count). The minimum Gasteiger partial charge on any atom is -0.466 e. The van der Waals surface area contributed by atoms with Crippen molar-refractivity contribution >= 4 is 17.9 Å². The fourth-order valence-corrected chi connectivity index (χ4v) is 3.09. The predicted octanol–water partition coefficient (Wildman–Crippen LogP) is 2.67. The van der Waals surface area contributed by atoms with Gasteiger partial charge in [0.25, 0.3) is 0 Å². The number of nitrogens with zero attached hydrogens (tertiary/aromatic N) is 3. The lowest BCUT2D eigenvalue weighted by atomic mass is 10.1. The van der Waals surface area contributed by atoms with Crippen LogP contribution < -0.4 is 5.32 Å². The summed E-state index contributed by atoms with van der Waals surface area (Å²) in [4.78, 5) is 21.9. The SMILES string of the molecule is COC(=O)/C=C/c1cnc(N[C@@H]2CCN(CCc3ccc(F)cc3F)C2)cn1. The first-order valence-corrected chi connectivity index (χ1v) is 9.04. The van der Waals surface area contributed by atoms with Gasteiger partial charge in [0.1, 0.15) is 17.5 Å². The van der Waals surface area contributed by atoms with Gasteiger partial charge >= 0.3 is 5.97 Å². The van der Waals surface area contributed by atoms with Crippen LogP contribution in [0.4, 0.5) is 14.6 Å². The van der Waals surface area contributed by atoms with Gasteiger partial charge in [0.05, 0.1) is 25.2 Å². The maximum absolute atomic E-state index is 13.7. The zero-order chi connectivity index (χ0) is 19.9. The molecule has 28 heavy (non-hydrogen) atoms. The number of ether oxygens (including phenoxy) is 1. The molecule has 1 aromatic carbocycles. The Morgan fingerprint density at radius 3 is 2.93 bits per heavy atom. The Kier molecular flexibility index (Phi) is 6.65. The Morgan fingerprint density at radius 1 is 1.36 bits per heavy atom. The van der Waals surface area contributed by atoms with E-state index in [-0.39, 0.29) is 6.04 Å². The van der Waals surface area contributed by atoms with Gasteiger partial charge in [0.2, 0.25) is 0 Å². The number of hydrogen-bond acceptors (Lipinski definition) is 6. The number of methoxy groups -OCH3 is 1. The van der Waals surface area contributed by atoms with Crippen LogP contribution in [0.15, 0.2) is 36.7 Å². The molecule has 0 radical (unpaired) electrons. The molecule has 0 spiro atoms. The van der Waals surface area contributed by atoms with Crippen molar-refractivity contribution in [1.29, 1.82) is 0 Å². The van der Waals surface area contributed by atoms with Crippen LogP contribution in [0.1, 0.15) is 17.7 Å². The number of nitrogens with one attached hydrogen (secondary N) is 1. The maximum Gasteiger partial charge on any atom is 0.330 e. The predicted molar refractivity (Wildman–Crippen MR) is 102 cm³/mol. The number of carbonyl (C=O) groups excluding carboxylic acids is 1. The summed E-state index contributed by atoms with van der Waals surface area (Å²) in [6.07, 6.45) is 7.50. The topological polar surface area (TPSA) is 67.3 Å². The molecular formula is C20H22F2N4O2. The van der Waals surface area contributed by atoms with Crippen LogP contribution >= 0.6 is 0 Å². The average Bonchev–Trinajstić information content (AvgIpc) is 3.14. The summed E-state index contributed by atoms with van der Waals surface area (Å²) >= 11 is 0. The monoisotopic (exact) mass is 388 g/mol. The third-order valence-electron chi connectivity index (χ3n) is 4.60. The normalized spacial score (nSPS) is 17.2. The van der Waals surface area contributed by atoms with E-state index < -0.39 is 17.6 Å². The number of halogens is 2. The standard InChI is InChI=1S/C20H22F2N4O2/c1-28-20(27)5-4-16-11-24-19(12-23-16)25-17-7-9-26(13-17)8-6-14-2-3-15(21)10-18(14)22/h2-5,10-12,17H,6-9,13H2,1H3,(H,24,25)/b5-4+/t17-/m1/s1. The minimum absolute atomic E-state index is 0.226. The lowest BCUT2D eigenvalue weighted by Crippen LogP contribution is -2.28. The summed E-state index contributed by atoms with van der Waals surface area (Å²) in [5, 5.41) is 3.34. The summed E-state index contributed by atoms with van der Waals surface area (Å²) in [6.45, 7) is 2.42. The Balaban J connectivity index is 1.46. The Morgan fingerprint density at radius 2 is 2.21 bits per heavy atom. The molecule has 6 nitrogen and oxygen atoms in total. The first-order chi connectivity index (χ1) is 13.5. The van der Waals surface area contributed by atoms with Gasteiger partial charge in [0.15, 0.2) is 0 Å². The van der Waals surface area contributed by atoms with Crippen LogP contribution in [0.2, 0.25) is 0 Å². The van der Waals surface area contributed by atoms with E-state index in [1.807, 2.05) is 0 Å². The quantitative estimate of drug-likeness (QED) is 0.581. The number of hydrogen-bond donors (Lipinski definition) is 1. The van der Waals surface area contributed by atoms with Gasteiger partial charge in [-0.05, 0) is 30.5 Å². The zero-order valence-corrected chi connectivity index (χ0v) is 15.6. The second-order valence-corrected chi connectivity index (χ2v) is 6.60. The van der Waals surface area contributed by atoms with E-state index in [0.29, 0.717) is 30.0 Å². The number of likely N-dealkylation sites (tertiary alicyclic amines) is 1. The highest BCUT2D eigenvalue weighted by molar-refractivity contribution is 5.86. The molecular weight excluding hydrogens is 366 g/mol. The Labute approximate surface area is 162 Å². The molecule has 0 bridgehead atoms. The van der Waals surface area contributed by atoms with Crippen LogP contribution in [0.5, 0.6) is 0 Å². The third-order valence-corrected chi connectivity index (χ3v) is 4.60. The zero-order valence-electron chi connectivity index (χ0n) is 15.6. The summed E-state index contributed by atoms with van der Waals surface area (Å²) in [7, 11) is 1.31. The van der Waals surface area contributed by atoms with Crippen molar-refractivity contribution in [2.45, 2.75) is 18.9 Å². The molecule has 1 aromatic heterocycles. The molecule has 0 unspecified atom stereocenters. The number of esters is 1. The third kappa shape index (κ3) is 5.56. The van der Waals surface area contributed by atoms with E-state index in [9.17, 15) is 13.6 Å². The van der Waals surface area contributed by atoms with Gasteiger partial charge in [-0.25, -0.2) is 18.6 Å². The minimum atomic E-state index is -0.556. The van der Waals surface area contributed by atoms with Crippen LogP contribution in [-0.4, -0.2) is 53.6 Å². The average molecular weight is 388 g/mol. The second-order valence-electron chi connectivity index (χ2n) is 6.60. The van der Waals surface area contributed by atoms with Crippen molar-refractivity contribution in [1.82, 2.24) is 14.9 Å². The molecule has 1 atom stereocenters. The molecule has 1 aliphatic rings. The highest BCUT2D eigenvalue weighted by Crippen LogP contribution is 2.16. The maximum atomic E-state index is 13.7. The van der Waals surface area contributed by atoms with Crippen LogP contribution in [0.3, 0.4) is 0 Å². The van der Waals surface area contributed by atoms with E-state index >= 15 is 0 Å². The number of rotatable bonds is 7. The highest BCUT2D eigenvalue weighted by Gasteiger charge is 2.22. The smallest absolute Gasteiger partial charge is 0.330 e. The molecule has 1 saturated heterocycles. The van der Waals surface area contributed by atoms with Crippen molar-refractivity contribution in [2.75, 3.05) is 32.1 Å². The van der Waals surface area contributed by atoms with E-state index in [4.69, 9.17) is 0 Å². The molecule has 1 N–H and O–H groups in total. The van der Waals surface area contributed by atoms with E-state index in [1.54, 1.807) is 12.4 Å². The van der Waals surface area contributed by atoms with E-state index in [0.717, 1.165) is 25.6 Å². The first-order valence-electron chi connectivity index (χ1n) is 9.04. The number of aromatic nitrogens is 2. The molecule has 148 valence electrons. The van der Waals surface area contributed by atoms with Gasteiger partial charge < -0.3 is 15.0 Å². The molecule has 1 aliphatic heterocycles. The summed E-state index contributed by atoms with van der Waals surface area (Å²) in [5.74, 6) is -0.840. The molecule has 8 heteroatoms. The van der Waals surface area contributed by atoms with E-state index in [2.05, 4.69) is 24.9 Å². The van der Waals surface area contributed by atoms with E-state index in [1.165, 1.54) is 31.4 Å². The highest BCUT2D eigenvalue weighted by atomic mass is 19.1. The van der Waals surface area contributed by atoms with Crippen LogP contribution in [0, 0.1) is 11.6 Å². The van der Waals surface area contributed by atoms with Crippen LogP contribution in [-0.2, 0) is 16.0 Å². The molecule has 1 fully saturated rings. The lowest BCUT2D eigenvalue weighted by molar-refractivity contribution is -0.134. The van der Waals surface area contributed by atoms with Gasteiger partial charge in [-0.3, -0.25) is 4.98 Å². The van der Waals surface area contributed by atoms with Gasteiger partial charge in [0, 0.05) is 37.8 Å². The Bertz CT molecular complexity index is 843. The summed E-state index contributed by atoms with van der Waals surface area (Å²) in [6, 6.07) is 3.94. The van der Waals surface area contributed by atoms with Crippen LogP contribution in [0.25, 0.3) is 6.08 Å². The fraction of sp³-hybridized carbons (Fsp3) is 0.350. The van der Waals surface area contributed by atoms with Crippen molar-refractivity contribution in [2.24, 2.45) is 0 Å². The van der Waals surface area contributed by atoms with Crippen molar-refractivity contribution < 1.29 is 18.3 Å². The lowest BCUT2D eigenvalue weighted by Gasteiger charge is -2.17. The number of benzene rings is 1. The summed E-state index contributed by atoms with van der Waals surface area (Å²) < 4.78 is 31.2. The van der Waals surface area contributed by atoms with Gasteiger partial charge in [-0.2, -0.15) is 0 Å². The molecule has 0 aliphatic carbocycles.